The minimum Gasteiger partial charge on any atom is -0.399 e. The van der Waals surface area contributed by atoms with Crippen LogP contribution in [-0.2, 0) is 6.54 Å². The van der Waals surface area contributed by atoms with Crippen LogP contribution in [0.1, 0.15) is 12.5 Å². The monoisotopic (exact) mass is 203 g/mol. The molecular formula is C12H17N3. The summed E-state index contributed by atoms with van der Waals surface area (Å²) in [6, 6.07) is 10.1. The lowest BCUT2D eigenvalue weighted by molar-refractivity contribution is 0.303. The van der Waals surface area contributed by atoms with E-state index in [4.69, 9.17) is 11.0 Å². The Bertz CT molecular complexity index is 354. The van der Waals surface area contributed by atoms with Crippen molar-refractivity contribution in [3.63, 3.8) is 0 Å². The molecule has 3 nitrogen and oxygen atoms in total. The molecular weight excluding hydrogens is 186 g/mol. The van der Waals surface area contributed by atoms with Crippen molar-refractivity contribution in [3.05, 3.63) is 29.8 Å². The van der Waals surface area contributed by atoms with Gasteiger partial charge in [-0.3, -0.25) is 0 Å². The topological polar surface area (TPSA) is 53.0 Å². The summed E-state index contributed by atoms with van der Waals surface area (Å²) < 4.78 is 0. The fraction of sp³-hybridized carbons (Fsp3) is 0.417. The highest BCUT2D eigenvalue weighted by Gasteiger charge is 2.05. The van der Waals surface area contributed by atoms with Crippen LogP contribution in [0.5, 0.6) is 0 Å². The SMILES string of the molecule is CC(C#N)CN(C)Cc1cccc(N)c1. The second kappa shape index (κ2) is 5.38. The number of hydrogen-bond donors (Lipinski definition) is 1. The van der Waals surface area contributed by atoms with Gasteiger partial charge in [0.2, 0.25) is 0 Å². The maximum atomic E-state index is 8.70. The van der Waals surface area contributed by atoms with Crippen LogP contribution in [0.3, 0.4) is 0 Å². The van der Waals surface area contributed by atoms with Crippen molar-refractivity contribution in [2.24, 2.45) is 5.92 Å². The Hall–Kier alpha value is -1.53. The van der Waals surface area contributed by atoms with Crippen LogP contribution in [0.2, 0.25) is 0 Å². The lowest BCUT2D eigenvalue weighted by Gasteiger charge is -2.17. The predicted octanol–water partition coefficient (Wildman–Crippen LogP) is 1.86. The van der Waals surface area contributed by atoms with Crippen molar-refractivity contribution >= 4 is 5.69 Å². The van der Waals surface area contributed by atoms with Gasteiger partial charge < -0.3 is 10.6 Å². The molecule has 0 heterocycles. The van der Waals surface area contributed by atoms with Crippen LogP contribution < -0.4 is 5.73 Å². The van der Waals surface area contributed by atoms with Crippen molar-refractivity contribution in [1.29, 1.82) is 5.26 Å². The lowest BCUT2D eigenvalue weighted by Crippen LogP contribution is -2.23. The average Bonchev–Trinajstić information content (AvgIpc) is 2.17. The zero-order valence-electron chi connectivity index (χ0n) is 9.27. The van der Waals surface area contributed by atoms with Gasteiger partial charge in [0.1, 0.15) is 0 Å². The maximum Gasteiger partial charge on any atom is 0.0666 e. The Kier molecular flexibility index (Phi) is 4.14. The number of nitriles is 1. The zero-order valence-corrected chi connectivity index (χ0v) is 9.27. The van der Waals surface area contributed by atoms with Gasteiger partial charge in [-0.05, 0) is 31.7 Å². The number of nitrogens with two attached hydrogens (primary N) is 1. The molecule has 0 aliphatic heterocycles. The molecule has 1 unspecified atom stereocenters. The van der Waals surface area contributed by atoms with Gasteiger partial charge in [-0.15, -0.1) is 0 Å². The lowest BCUT2D eigenvalue weighted by atomic mass is 10.1. The summed E-state index contributed by atoms with van der Waals surface area (Å²) in [4.78, 5) is 2.13. The molecule has 0 saturated carbocycles. The molecule has 0 fully saturated rings. The van der Waals surface area contributed by atoms with Crippen LogP contribution >= 0.6 is 0 Å². The summed E-state index contributed by atoms with van der Waals surface area (Å²) >= 11 is 0. The Morgan fingerprint density at radius 2 is 2.27 bits per heavy atom. The predicted molar refractivity (Wildman–Crippen MR) is 62.0 cm³/mol. The summed E-state index contributed by atoms with van der Waals surface area (Å²) in [5, 5.41) is 8.70. The summed E-state index contributed by atoms with van der Waals surface area (Å²) in [5.74, 6) is 0.0658. The van der Waals surface area contributed by atoms with Crippen molar-refractivity contribution < 1.29 is 0 Å². The Morgan fingerprint density at radius 1 is 1.53 bits per heavy atom. The van der Waals surface area contributed by atoms with E-state index in [1.54, 1.807) is 0 Å². The molecule has 80 valence electrons. The highest BCUT2D eigenvalue weighted by Crippen LogP contribution is 2.09. The molecule has 1 aromatic rings. The number of nitrogens with zero attached hydrogens (tertiary/aromatic N) is 2. The van der Waals surface area contributed by atoms with E-state index in [1.807, 2.05) is 38.2 Å². The van der Waals surface area contributed by atoms with E-state index in [2.05, 4.69) is 11.0 Å². The van der Waals surface area contributed by atoms with Crippen molar-refractivity contribution in [1.82, 2.24) is 4.90 Å². The van der Waals surface area contributed by atoms with E-state index in [0.717, 1.165) is 18.8 Å². The van der Waals surface area contributed by atoms with E-state index in [9.17, 15) is 0 Å². The third-order valence-corrected chi connectivity index (χ3v) is 2.21. The Morgan fingerprint density at radius 3 is 2.87 bits per heavy atom. The molecule has 0 amide bonds. The minimum atomic E-state index is 0.0658. The second-order valence-corrected chi connectivity index (χ2v) is 3.97. The minimum absolute atomic E-state index is 0.0658. The summed E-state index contributed by atoms with van der Waals surface area (Å²) in [6.07, 6.45) is 0. The third-order valence-electron chi connectivity index (χ3n) is 2.21. The van der Waals surface area contributed by atoms with Gasteiger partial charge in [0, 0.05) is 18.8 Å². The zero-order chi connectivity index (χ0) is 11.3. The maximum absolute atomic E-state index is 8.70. The molecule has 2 N–H and O–H groups in total. The number of anilines is 1. The molecule has 0 spiro atoms. The van der Waals surface area contributed by atoms with Gasteiger partial charge >= 0.3 is 0 Å². The first kappa shape index (κ1) is 11.5. The molecule has 0 aliphatic carbocycles. The number of benzene rings is 1. The fourth-order valence-corrected chi connectivity index (χ4v) is 1.58. The molecule has 0 saturated heterocycles. The van der Waals surface area contributed by atoms with Crippen LogP contribution in [0.25, 0.3) is 0 Å². The molecule has 0 radical (unpaired) electrons. The fourth-order valence-electron chi connectivity index (χ4n) is 1.58. The normalized spacial score (nSPS) is 12.4. The van der Waals surface area contributed by atoms with Crippen molar-refractivity contribution in [3.8, 4) is 6.07 Å². The molecule has 3 heteroatoms. The first-order valence-electron chi connectivity index (χ1n) is 5.04. The molecule has 1 aromatic carbocycles. The molecule has 0 bridgehead atoms. The Balaban J connectivity index is 2.52. The Labute approximate surface area is 91.1 Å². The van der Waals surface area contributed by atoms with Gasteiger partial charge in [-0.2, -0.15) is 5.26 Å². The van der Waals surface area contributed by atoms with Gasteiger partial charge in [0.25, 0.3) is 0 Å². The van der Waals surface area contributed by atoms with E-state index < -0.39 is 0 Å². The van der Waals surface area contributed by atoms with E-state index >= 15 is 0 Å². The largest absolute Gasteiger partial charge is 0.399 e. The van der Waals surface area contributed by atoms with Crippen LogP contribution in [0.15, 0.2) is 24.3 Å². The number of nitrogen functional groups attached to an aromatic ring is 1. The van der Waals surface area contributed by atoms with Crippen LogP contribution in [0, 0.1) is 17.2 Å². The summed E-state index contributed by atoms with van der Waals surface area (Å²) in [5.41, 5.74) is 7.66. The molecule has 15 heavy (non-hydrogen) atoms. The van der Waals surface area contributed by atoms with E-state index in [1.165, 1.54) is 5.56 Å². The standard InChI is InChI=1S/C12H17N3/c1-10(7-13)8-15(2)9-11-4-3-5-12(14)6-11/h3-6,10H,8-9,14H2,1-2H3. The van der Waals surface area contributed by atoms with Gasteiger partial charge in [-0.1, -0.05) is 12.1 Å². The summed E-state index contributed by atoms with van der Waals surface area (Å²) in [6.45, 7) is 3.54. The molecule has 0 aliphatic rings. The first-order chi connectivity index (χ1) is 7.11. The smallest absolute Gasteiger partial charge is 0.0666 e. The highest BCUT2D eigenvalue weighted by atomic mass is 15.1. The van der Waals surface area contributed by atoms with E-state index in [-0.39, 0.29) is 5.92 Å². The number of rotatable bonds is 4. The van der Waals surface area contributed by atoms with Crippen LogP contribution in [0.4, 0.5) is 5.69 Å². The van der Waals surface area contributed by atoms with Gasteiger partial charge in [0.15, 0.2) is 0 Å². The molecule has 1 rings (SSSR count). The molecule has 1 atom stereocenters. The highest BCUT2D eigenvalue weighted by molar-refractivity contribution is 5.40. The van der Waals surface area contributed by atoms with E-state index in [0.29, 0.717) is 0 Å². The quantitative estimate of drug-likeness (QED) is 0.760. The molecule has 0 aromatic heterocycles. The first-order valence-corrected chi connectivity index (χ1v) is 5.04. The van der Waals surface area contributed by atoms with Crippen molar-refractivity contribution in [2.45, 2.75) is 13.5 Å². The number of hydrogen-bond acceptors (Lipinski definition) is 3. The van der Waals surface area contributed by atoms with Crippen LogP contribution in [-0.4, -0.2) is 18.5 Å². The second-order valence-electron chi connectivity index (χ2n) is 3.97. The van der Waals surface area contributed by atoms with Gasteiger partial charge in [0.05, 0.1) is 12.0 Å². The van der Waals surface area contributed by atoms with Gasteiger partial charge in [-0.25, -0.2) is 0 Å². The third kappa shape index (κ3) is 4.01. The summed E-state index contributed by atoms with van der Waals surface area (Å²) in [7, 11) is 2.01. The average molecular weight is 203 g/mol. The van der Waals surface area contributed by atoms with Crippen molar-refractivity contribution in [2.75, 3.05) is 19.3 Å².